The maximum absolute atomic E-state index is 12.0. The molecule has 0 unspecified atom stereocenters. The molecule has 0 aromatic heterocycles. The minimum Gasteiger partial charge on any atom is -0.369 e. The highest BCUT2D eigenvalue weighted by Crippen LogP contribution is 2.37. The summed E-state index contributed by atoms with van der Waals surface area (Å²) >= 11 is 0. The van der Waals surface area contributed by atoms with Gasteiger partial charge in [0, 0.05) is 18.6 Å². The Hall–Kier alpha value is -1.35. The first kappa shape index (κ1) is 14.1. The summed E-state index contributed by atoms with van der Waals surface area (Å²) in [6.07, 6.45) is 1.62. The maximum Gasteiger partial charge on any atom is 0.228 e. The summed E-state index contributed by atoms with van der Waals surface area (Å²) < 4.78 is 0. The van der Waals surface area contributed by atoms with Gasteiger partial charge in [0.1, 0.15) is 0 Å². The number of carbonyl (C=O) groups is 1. The van der Waals surface area contributed by atoms with E-state index in [1.54, 1.807) is 0 Å². The van der Waals surface area contributed by atoms with Crippen molar-refractivity contribution in [2.45, 2.75) is 44.6 Å². The molecular formula is C16H24N2O. The summed E-state index contributed by atoms with van der Waals surface area (Å²) in [6, 6.07) is 9.99. The molecule has 104 valence electrons. The highest BCUT2D eigenvalue weighted by atomic mass is 16.1. The molecule has 3 heteroatoms. The van der Waals surface area contributed by atoms with Crippen LogP contribution in [0.5, 0.6) is 0 Å². The summed E-state index contributed by atoms with van der Waals surface area (Å²) in [7, 11) is 0. The molecule has 0 atom stereocenters. The van der Waals surface area contributed by atoms with Gasteiger partial charge < -0.3 is 5.73 Å². The second-order valence-corrected chi connectivity index (χ2v) is 6.47. The fourth-order valence-electron chi connectivity index (χ4n) is 2.99. The van der Waals surface area contributed by atoms with Crippen LogP contribution in [0.15, 0.2) is 30.3 Å². The SMILES string of the molecule is CC(C)(C)N1CCC(C(N)=O)(c2ccccc2)CC1. The smallest absolute Gasteiger partial charge is 0.228 e. The molecule has 19 heavy (non-hydrogen) atoms. The van der Waals surface area contributed by atoms with Crippen LogP contribution in [0.2, 0.25) is 0 Å². The Morgan fingerprint density at radius 1 is 1.16 bits per heavy atom. The Morgan fingerprint density at radius 2 is 1.68 bits per heavy atom. The average Bonchev–Trinajstić information content (AvgIpc) is 2.38. The van der Waals surface area contributed by atoms with Crippen molar-refractivity contribution in [1.82, 2.24) is 4.90 Å². The van der Waals surface area contributed by atoms with E-state index < -0.39 is 5.41 Å². The largest absolute Gasteiger partial charge is 0.369 e. The van der Waals surface area contributed by atoms with Crippen LogP contribution in [0.1, 0.15) is 39.2 Å². The van der Waals surface area contributed by atoms with E-state index in [0.717, 1.165) is 31.5 Å². The zero-order chi connectivity index (χ0) is 14.1. The summed E-state index contributed by atoms with van der Waals surface area (Å²) in [4.78, 5) is 14.5. The van der Waals surface area contributed by atoms with Gasteiger partial charge in [-0.05, 0) is 39.2 Å². The van der Waals surface area contributed by atoms with Crippen LogP contribution in [0.25, 0.3) is 0 Å². The average molecular weight is 260 g/mol. The van der Waals surface area contributed by atoms with Gasteiger partial charge in [-0.3, -0.25) is 9.69 Å². The molecule has 0 bridgehead atoms. The highest BCUT2D eigenvalue weighted by molar-refractivity contribution is 5.86. The Balaban J connectivity index is 2.24. The first-order chi connectivity index (χ1) is 8.86. The van der Waals surface area contributed by atoms with Gasteiger partial charge in [-0.15, -0.1) is 0 Å². The second-order valence-electron chi connectivity index (χ2n) is 6.47. The van der Waals surface area contributed by atoms with Crippen LogP contribution >= 0.6 is 0 Å². The number of rotatable bonds is 2. The topological polar surface area (TPSA) is 46.3 Å². The predicted molar refractivity (Wildman–Crippen MR) is 77.9 cm³/mol. The first-order valence-corrected chi connectivity index (χ1v) is 6.97. The number of primary amides is 1. The molecule has 3 nitrogen and oxygen atoms in total. The van der Waals surface area contributed by atoms with Gasteiger partial charge >= 0.3 is 0 Å². The molecule has 1 fully saturated rings. The third-order valence-electron chi connectivity index (χ3n) is 4.36. The number of piperidine rings is 1. The van der Waals surface area contributed by atoms with E-state index in [-0.39, 0.29) is 11.4 Å². The van der Waals surface area contributed by atoms with Gasteiger partial charge in [0.25, 0.3) is 0 Å². The lowest BCUT2D eigenvalue weighted by atomic mass is 9.71. The molecule has 1 aliphatic heterocycles. The molecule has 2 rings (SSSR count). The first-order valence-electron chi connectivity index (χ1n) is 6.97. The van der Waals surface area contributed by atoms with E-state index in [9.17, 15) is 4.79 Å². The van der Waals surface area contributed by atoms with Crippen molar-refractivity contribution in [1.29, 1.82) is 0 Å². The Bertz CT molecular complexity index is 440. The zero-order valence-electron chi connectivity index (χ0n) is 12.1. The molecular weight excluding hydrogens is 236 g/mol. The van der Waals surface area contributed by atoms with Crippen molar-refractivity contribution in [3.05, 3.63) is 35.9 Å². The van der Waals surface area contributed by atoms with Crippen molar-refractivity contribution in [2.24, 2.45) is 5.73 Å². The van der Waals surface area contributed by atoms with Crippen molar-refractivity contribution in [3.8, 4) is 0 Å². The number of amides is 1. The van der Waals surface area contributed by atoms with Gasteiger partial charge in [-0.1, -0.05) is 30.3 Å². The van der Waals surface area contributed by atoms with Crippen LogP contribution in [0, 0.1) is 0 Å². The van der Waals surface area contributed by atoms with E-state index in [1.807, 2.05) is 30.3 Å². The van der Waals surface area contributed by atoms with Gasteiger partial charge in [-0.25, -0.2) is 0 Å². The minimum absolute atomic E-state index is 0.153. The zero-order valence-corrected chi connectivity index (χ0v) is 12.1. The fraction of sp³-hybridized carbons (Fsp3) is 0.562. The van der Waals surface area contributed by atoms with E-state index >= 15 is 0 Å². The van der Waals surface area contributed by atoms with Crippen LogP contribution in [-0.4, -0.2) is 29.4 Å². The van der Waals surface area contributed by atoms with Crippen molar-refractivity contribution >= 4 is 5.91 Å². The molecule has 1 amide bonds. The van der Waals surface area contributed by atoms with E-state index in [2.05, 4.69) is 25.7 Å². The molecule has 0 radical (unpaired) electrons. The summed E-state index contributed by atoms with van der Waals surface area (Å²) in [5.74, 6) is -0.188. The number of hydrogen-bond acceptors (Lipinski definition) is 2. The predicted octanol–water partition coefficient (Wildman–Crippen LogP) is 2.30. The summed E-state index contributed by atoms with van der Waals surface area (Å²) in [6.45, 7) is 8.48. The van der Waals surface area contributed by atoms with E-state index in [0.29, 0.717) is 0 Å². The molecule has 0 saturated carbocycles. The molecule has 1 aliphatic rings. The lowest BCUT2D eigenvalue weighted by Crippen LogP contribution is -2.54. The van der Waals surface area contributed by atoms with Gasteiger partial charge in [-0.2, -0.15) is 0 Å². The molecule has 1 aromatic carbocycles. The lowest BCUT2D eigenvalue weighted by molar-refractivity contribution is -0.126. The fourth-order valence-corrected chi connectivity index (χ4v) is 2.99. The van der Waals surface area contributed by atoms with Crippen LogP contribution in [0.3, 0.4) is 0 Å². The third-order valence-corrected chi connectivity index (χ3v) is 4.36. The summed E-state index contributed by atoms with van der Waals surface area (Å²) in [5.41, 5.74) is 6.47. The minimum atomic E-state index is -0.483. The highest BCUT2D eigenvalue weighted by Gasteiger charge is 2.42. The normalized spacial score (nSPS) is 20.2. The Morgan fingerprint density at radius 3 is 2.11 bits per heavy atom. The number of nitrogens with two attached hydrogens (primary N) is 1. The van der Waals surface area contributed by atoms with Crippen LogP contribution in [-0.2, 0) is 10.2 Å². The molecule has 1 aromatic rings. The molecule has 1 heterocycles. The Labute approximate surface area is 115 Å². The lowest BCUT2D eigenvalue weighted by Gasteiger charge is -2.45. The number of likely N-dealkylation sites (tertiary alicyclic amines) is 1. The second kappa shape index (κ2) is 4.97. The van der Waals surface area contributed by atoms with E-state index in [4.69, 9.17) is 5.73 Å². The van der Waals surface area contributed by atoms with Gasteiger partial charge in [0.05, 0.1) is 5.41 Å². The number of hydrogen-bond donors (Lipinski definition) is 1. The van der Waals surface area contributed by atoms with Crippen molar-refractivity contribution < 1.29 is 4.79 Å². The van der Waals surface area contributed by atoms with Crippen LogP contribution < -0.4 is 5.73 Å². The van der Waals surface area contributed by atoms with Gasteiger partial charge in [0.15, 0.2) is 0 Å². The Kier molecular flexibility index (Phi) is 3.68. The van der Waals surface area contributed by atoms with Crippen LogP contribution in [0.4, 0.5) is 0 Å². The number of nitrogens with zero attached hydrogens (tertiary/aromatic N) is 1. The summed E-state index contributed by atoms with van der Waals surface area (Å²) in [5, 5.41) is 0. The molecule has 0 spiro atoms. The third kappa shape index (κ3) is 2.66. The van der Waals surface area contributed by atoms with E-state index in [1.165, 1.54) is 0 Å². The standard InChI is InChI=1S/C16H24N2O/c1-15(2,3)18-11-9-16(10-12-18,14(17)19)13-7-5-4-6-8-13/h4-8H,9-12H2,1-3H3,(H2,17,19). The quantitative estimate of drug-likeness (QED) is 0.887. The number of benzene rings is 1. The molecule has 1 saturated heterocycles. The molecule has 2 N–H and O–H groups in total. The van der Waals surface area contributed by atoms with Crippen molar-refractivity contribution in [3.63, 3.8) is 0 Å². The monoisotopic (exact) mass is 260 g/mol. The number of carbonyl (C=O) groups excluding carboxylic acids is 1. The van der Waals surface area contributed by atoms with Crippen molar-refractivity contribution in [2.75, 3.05) is 13.1 Å². The molecule has 0 aliphatic carbocycles. The maximum atomic E-state index is 12.0. The van der Waals surface area contributed by atoms with Gasteiger partial charge in [0.2, 0.25) is 5.91 Å².